The summed E-state index contributed by atoms with van der Waals surface area (Å²) in [5.41, 5.74) is 3.66. The highest BCUT2D eigenvalue weighted by Gasteiger charge is 2.15. The van der Waals surface area contributed by atoms with E-state index in [0.29, 0.717) is 22.0 Å². The van der Waals surface area contributed by atoms with Gasteiger partial charge in [-0.05, 0) is 36.2 Å². The second kappa shape index (κ2) is 6.18. The zero-order valence-electron chi connectivity index (χ0n) is 9.91. The summed E-state index contributed by atoms with van der Waals surface area (Å²) in [5, 5.41) is 0. The topological polar surface area (TPSA) is 50.9 Å². The number of benzene rings is 1. The number of aromatic nitrogens is 1. The van der Waals surface area contributed by atoms with Crippen LogP contribution in [0.25, 0.3) is 0 Å². The number of rotatable bonds is 4. The summed E-state index contributed by atoms with van der Waals surface area (Å²) in [6, 6.07) is 5.63. The highest BCUT2D eigenvalue weighted by Crippen LogP contribution is 2.22. The van der Waals surface area contributed by atoms with Crippen LogP contribution in [0.2, 0.25) is 0 Å². The average molecular weight is 328 g/mol. The molecule has 0 aliphatic carbocycles. The Bertz CT molecular complexity index is 557. The number of hydrogen-bond donors (Lipinski definition) is 2. The van der Waals surface area contributed by atoms with E-state index in [1.165, 1.54) is 18.3 Å². The molecule has 3 N–H and O–H groups in total. The molecule has 0 amide bonds. The molecular weight excluding hydrogens is 316 g/mol. The van der Waals surface area contributed by atoms with Crippen molar-refractivity contribution in [2.75, 3.05) is 0 Å². The predicted octanol–water partition coefficient (Wildman–Crippen LogP) is 2.87. The van der Waals surface area contributed by atoms with E-state index in [1.807, 2.05) is 0 Å². The number of nitrogens with zero attached hydrogens (tertiary/aromatic N) is 1. The van der Waals surface area contributed by atoms with Crippen molar-refractivity contribution in [1.29, 1.82) is 0 Å². The van der Waals surface area contributed by atoms with E-state index >= 15 is 0 Å². The summed E-state index contributed by atoms with van der Waals surface area (Å²) >= 11 is 3.22. The SMILES string of the molecule is NNC(Cc1cc(F)cc(Br)c1)c1ccncc1F. The van der Waals surface area contributed by atoms with Gasteiger partial charge in [0.1, 0.15) is 11.6 Å². The van der Waals surface area contributed by atoms with E-state index < -0.39 is 11.9 Å². The maximum atomic E-state index is 13.6. The third kappa shape index (κ3) is 3.56. The number of hydrogen-bond acceptors (Lipinski definition) is 3. The van der Waals surface area contributed by atoms with Crippen LogP contribution in [0.1, 0.15) is 17.2 Å². The lowest BCUT2D eigenvalue weighted by atomic mass is 10.00. The van der Waals surface area contributed by atoms with Crippen molar-refractivity contribution in [2.24, 2.45) is 5.84 Å². The predicted molar refractivity (Wildman–Crippen MR) is 72.1 cm³/mol. The van der Waals surface area contributed by atoms with Crippen molar-refractivity contribution >= 4 is 15.9 Å². The molecule has 0 radical (unpaired) electrons. The monoisotopic (exact) mass is 327 g/mol. The molecule has 0 fully saturated rings. The molecule has 100 valence electrons. The highest BCUT2D eigenvalue weighted by molar-refractivity contribution is 9.10. The Kier molecular flexibility index (Phi) is 4.57. The average Bonchev–Trinajstić information content (AvgIpc) is 2.36. The number of nitrogens with one attached hydrogen (secondary N) is 1. The Morgan fingerprint density at radius 1 is 1.32 bits per heavy atom. The minimum absolute atomic E-state index is 0.352. The van der Waals surface area contributed by atoms with E-state index in [2.05, 4.69) is 26.3 Å². The molecule has 3 nitrogen and oxygen atoms in total. The standard InChI is InChI=1S/C13H12BrF2N3/c14-9-3-8(4-10(15)6-9)5-13(19-17)11-1-2-18-7-12(11)16/h1-4,6-7,13,19H,5,17H2. The summed E-state index contributed by atoms with van der Waals surface area (Å²) in [7, 11) is 0. The van der Waals surface area contributed by atoms with E-state index in [-0.39, 0.29) is 5.82 Å². The summed E-state index contributed by atoms with van der Waals surface area (Å²) < 4.78 is 27.6. The first kappa shape index (κ1) is 14.0. The first-order valence-electron chi connectivity index (χ1n) is 5.60. The minimum atomic E-state index is -0.448. The van der Waals surface area contributed by atoms with Crippen molar-refractivity contribution in [3.8, 4) is 0 Å². The fraction of sp³-hybridized carbons (Fsp3) is 0.154. The molecule has 6 heteroatoms. The van der Waals surface area contributed by atoms with E-state index in [0.717, 1.165) is 6.20 Å². The maximum absolute atomic E-state index is 13.6. The summed E-state index contributed by atoms with van der Waals surface area (Å²) in [4.78, 5) is 3.69. The van der Waals surface area contributed by atoms with E-state index in [4.69, 9.17) is 5.84 Å². The fourth-order valence-electron chi connectivity index (χ4n) is 1.89. The quantitative estimate of drug-likeness (QED) is 0.670. The van der Waals surface area contributed by atoms with Gasteiger partial charge in [0.25, 0.3) is 0 Å². The first-order valence-corrected chi connectivity index (χ1v) is 6.40. The van der Waals surface area contributed by atoms with Crippen molar-refractivity contribution in [1.82, 2.24) is 10.4 Å². The molecule has 1 heterocycles. The molecular formula is C13H12BrF2N3. The van der Waals surface area contributed by atoms with Crippen molar-refractivity contribution in [3.05, 3.63) is 63.9 Å². The Morgan fingerprint density at radius 3 is 2.74 bits per heavy atom. The molecule has 0 aliphatic rings. The first-order chi connectivity index (χ1) is 9.10. The van der Waals surface area contributed by atoms with Crippen LogP contribution in [0.5, 0.6) is 0 Å². The van der Waals surface area contributed by atoms with Gasteiger partial charge in [-0.25, -0.2) is 8.78 Å². The molecule has 1 aromatic carbocycles. The van der Waals surface area contributed by atoms with Crippen molar-refractivity contribution in [2.45, 2.75) is 12.5 Å². The van der Waals surface area contributed by atoms with Crippen LogP contribution >= 0.6 is 15.9 Å². The fourth-order valence-corrected chi connectivity index (χ4v) is 2.40. The van der Waals surface area contributed by atoms with Crippen LogP contribution in [-0.4, -0.2) is 4.98 Å². The Morgan fingerprint density at radius 2 is 2.11 bits per heavy atom. The molecule has 1 unspecified atom stereocenters. The second-order valence-corrected chi connectivity index (χ2v) is 5.01. The van der Waals surface area contributed by atoms with E-state index in [1.54, 1.807) is 12.1 Å². The third-order valence-corrected chi connectivity index (χ3v) is 3.20. The van der Waals surface area contributed by atoms with E-state index in [9.17, 15) is 8.78 Å². The van der Waals surface area contributed by atoms with Gasteiger partial charge in [0.2, 0.25) is 0 Å². The van der Waals surface area contributed by atoms with Crippen LogP contribution in [0, 0.1) is 11.6 Å². The molecule has 1 atom stereocenters. The number of halogens is 3. The molecule has 0 aliphatic heterocycles. The largest absolute Gasteiger partial charge is 0.271 e. The third-order valence-electron chi connectivity index (χ3n) is 2.74. The molecule has 2 aromatic rings. The molecule has 19 heavy (non-hydrogen) atoms. The zero-order chi connectivity index (χ0) is 13.8. The van der Waals surface area contributed by atoms with Crippen LogP contribution in [0.15, 0.2) is 41.1 Å². The number of nitrogens with two attached hydrogens (primary N) is 1. The lowest BCUT2D eigenvalue weighted by molar-refractivity contribution is 0.506. The van der Waals surface area contributed by atoms with Gasteiger partial charge in [0.15, 0.2) is 0 Å². The maximum Gasteiger partial charge on any atom is 0.146 e. The second-order valence-electron chi connectivity index (χ2n) is 4.10. The molecule has 1 aromatic heterocycles. The van der Waals surface area contributed by atoms with Crippen LogP contribution in [0.4, 0.5) is 8.78 Å². The lowest BCUT2D eigenvalue weighted by Crippen LogP contribution is -2.30. The van der Waals surface area contributed by atoms with Gasteiger partial charge in [-0.15, -0.1) is 0 Å². The van der Waals surface area contributed by atoms with Gasteiger partial charge in [-0.2, -0.15) is 0 Å². The molecule has 2 rings (SSSR count). The summed E-state index contributed by atoms with van der Waals surface area (Å²) in [5.74, 6) is 4.66. The van der Waals surface area contributed by atoms with Crippen LogP contribution in [-0.2, 0) is 6.42 Å². The molecule has 0 saturated carbocycles. The van der Waals surface area contributed by atoms with Gasteiger partial charge < -0.3 is 0 Å². The van der Waals surface area contributed by atoms with Gasteiger partial charge >= 0.3 is 0 Å². The highest BCUT2D eigenvalue weighted by atomic mass is 79.9. The number of hydrazine groups is 1. The van der Waals surface area contributed by atoms with Crippen molar-refractivity contribution < 1.29 is 8.78 Å². The normalized spacial score (nSPS) is 12.4. The zero-order valence-corrected chi connectivity index (χ0v) is 11.5. The molecule has 0 bridgehead atoms. The number of pyridine rings is 1. The van der Waals surface area contributed by atoms with Gasteiger partial charge in [0.05, 0.1) is 12.2 Å². The van der Waals surface area contributed by atoms with Crippen LogP contribution < -0.4 is 11.3 Å². The Balaban J connectivity index is 2.26. The Hall–Kier alpha value is -1.37. The van der Waals surface area contributed by atoms with Crippen molar-refractivity contribution in [3.63, 3.8) is 0 Å². The Labute approximate surface area is 117 Å². The van der Waals surface area contributed by atoms with Gasteiger partial charge in [0, 0.05) is 16.2 Å². The minimum Gasteiger partial charge on any atom is -0.271 e. The summed E-state index contributed by atoms with van der Waals surface area (Å²) in [6.07, 6.45) is 2.99. The van der Waals surface area contributed by atoms with Gasteiger partial charge in [-0.1, -0.05) is 15.9 Å². The molecule has 0 saturated heterocycles. The lowest BCUT2D eigenvalue weighted by Gasteiger charge is -2.17. The molecule has 0 spiro atoms. The van der Waals surface area contributed by atoms with Crippen LogP contribution in [0.3, 0.4) is 0 Å². The summed E-state index contributed by atoms with van der Waals surface area (Å²) in [6.45, 7) is 0. The van der Waals surface area contributed by atoms with Gasteiger partial charge in [-0.3, -0.25) is 16.3 Å². The smallest absolute Gasteiger partial charge is 0.146 e.